The average Bonchev–Trinajstić information content (AvgIpc) is 3.34. The number of hydrogen-bond donors (Lipinski definition) is 0. The number of imide groups is 1. The molecule has 8 heteroatoms. The van der Waals surface area contributed by atoms with Gasteiger partial charge in [0.15, 0.2) is 16.6 Å². The van der Waals surface area contributed by atoms with E-state index < -0.39 is 0 Å². The lowest BCUT2D eigenvalue weighted by Crippen LogP contribution is -2.32. The largest absolute Gasteiger partial charge is 0.493 e. The van der Waals surface area contributed by atoms with Crippen molar-refractivity contribution in [2.24, 2.45) is 0 Å². The first-order valence-electron chi connectivity index (χ1n) is 9.89. The number of carbonyl (C=O) groups is 2. The highest BCUT2D eigenvalue weighted by Gasteiger charge is 2.35. The number of furan rings is 1. The first-order valence-corrected chi connectivity index (χ1v) is 11.5. The molecule has 3 aromatic rings. The summed E-state index contributed by atoms with van der Waals surface area (Å²) in [5.74, 6) is 1.33. The molecular weight excluding hydrogens is 446 g/mol. The molecule has 2 heterocycles. The highest BCUT2D eigenvalue weighted by atomic mass is 32.2. The number of hydrogen-bond acceptors (Lipinski definition) is 7. The van der Waals surface area contributed by atoms with Gasteiger partial charge in [-0.1, -0.05) is 41.6 Å². The summed E-state index contributed by atoms with van der Waals surface area (Å²) < 4.78 is 16.7. The van der Waals surface area contributed by atoms with Gasteiger partial charge in [-0.05, 0) is 55.1 Å². The number of ether oxygens (including phenoxy) is 2. The van der Waals surface area contributed by atoms with E-state index in [1.807, 2.05) is 49.4 Å². The Bertz CT molecular complexity index is 1150. The SMILES string of the molecule is COc1ccccc1OCCN1C(=O)S/C(=C\c2ccc(Sc3ccc(C)cc3)o2)C1=O. The van der Waals surface area contributed by atoms with Crippen molar-refractivity contribution in [2.45, 2.75) is 16.9 Å². The Morgan fingerprint density at radius 2 is 1.78 bits per heavy atom. The Hall–Kier alpha value is -3.10. The van der Waals surface area contributed by atoms with Gasteiger partial charge in [-0.15, -0.1) is 0 Å². The lowest BCUT2D eigenvalue weighted by atomic mass is 10.2. The minimum Gasteiger partial charge on any atom is -0.493 e. The van der Waals surface area contributed by atoms with Crippen LogP contribution in [-0.4, -0.2) is 36.3 Å². The van der Waals surface area contributed by atoms with Gasteiger partial charge in [-0.2, -0.15) is 0 Å². The molecule has 0 spiro atoms. The van der Waals surface area contributed by atoms with Gasteiger partial charge >= 0.3 is 0 Å². The van der Waals surface area contributed by atoms with E-state index in [1.165, 1.54) is 22.2 Å². The van der Waals surface area contributed by atoms with Crippen molar-refractivity contribution in [1.82, 2.24) is 4.90 Å². The predicted molar refractivity (Wildman–Crippen MR) is 125 cm³/mol. The summed E-state index contributed by atoms with van der Waals surface area (Å²) in [6.07, 6.45) is 1.60. The van der Waals surface area contributed by atoms with Gasteiger partial charge in [0.1, 0.15) is 12.4 Å². The van der Waals surface area contributed by atoms with E-state index in [4.69, 9.17) is 13.9 Å². The molecule has 32 heavy (non-hydrogen) atoms. The molecule has 1 aliphatic rings. The molecule has 2 amide bonds. The van der Waals surface area contributed by atoms with Crippen LogP contribution in [0.4, 0.5) is 4.79 Å². The lowest BCUT2D eigenvalue weighted by molar-refractivity contribution is -0.123. The third kappa shape index (κ3) is 5.20. The summed E-state index contributed by atoms with van der Waals surface area (Å²) in [5.41, 5.74) is 1.19. The molecule has 6 nitrogen and oxygen atoms in total. The van der Waals surface area contributed by atoms with E-state index in [-0.39, 0.29) is 24.3 Å². The Labute approximate surface area is 194 Å². The minimum absolute atomic E-state index is 0.146. The highest BCUT2D eigenvalue weighted by Crippen LogP contribution is 2.34. The molecule has 1 fully saturated rings. The van der Waals surface area contributed by atoms with Crippen LogP contribution < -0.4 is 9.47 Å². The number of methoxy groups -OCH3 is 1. The van der Waals surface area contributed by atoms with Gasteiger partial charge in [0, 0.05) is 11.0 Å². The number of thioether (sulfide) groups is 1. The quantitative estimate of drug-likeness (QED) is 0.384. The first kappa shape index (κ1) is 22.1. The van der Waals surface area contributed by atoms with Crippen molar-refractivity contribution < 1.29 is 23.5 Å². The number of nitrogens with zero attached hydrogens (tertiary/aromatic N) is 1. The molecule has 2 aromatic carbocycles. The zero-order chi connectivity index (χ0) is 22.5. The van der Waals surface area contributed by atoms with Crippen LogP contribution in [0, 0.1) is 6.92 Å². The Kier molecular flexibility index (Phi) is 6.92. The van der Waals surface area contributed by atoms with Crippen molar-refractivity contribution in [1.29, 1.82) is 0 Å². The van der Waals surface area contributed by atoms with E-state index in [1.54, 1.807) is 31.4 Å². The summed E-state index contributed by atoms with van der Waals surface area (Å²) >= 11 is 2.39. The highest BCUT2D eigenvalue weighted by molar-refractivity contribution is 8.18. The number of para-hydroxylation sites is 2. The van der Waals surface area contributed by atoms with Crippen molar-refractivity contribution in [2.75, 3.05) is 20.3 Å². The molecule has 0 unspecified atom stereocenters. The summed E-state index contributed by atoms with van der Waals surface area (Å²) in [7, 11) is 1.56. The summed E-state index contributed by atoms with van der Waals surface area (Å²) in [5, 5.41) is 0.384. The van der Waals surface area contributed by atoms with Gasteiger partial charge < -0.3 is 13.9 Å². The second kappa shape index (κ2) is 10.0. The Morgan fingerprint density at radius 3 is 2.53 bits per heavy atom. The number of aryl methyl sites for hydroxylation is 1. The van der Waals surface area contributed by atoms with Gasteiger partial charge in [-0.25, -0.2) is 0 Å². The van der Waals surface area contributed by atoms with E-state index >= 15 is 0 Å². The van der Waals surface area contributed by atoms with Crippen molar-refractivity contribution in [3.8, 4) is 11.5 Å². The summed E-state index contributed by atoms with van der Waals surface area (Å²) in [6.45, 7) is 2.35. The third-order valence-electron chi connectivity index (χ3n) is 4.63. The average molecular weight is 468 g/mol. The Balaban J connectivity index is 1.37. The zero-order valence-corrected chi connectivity index (χ0v) is 19.2. The van der Waals surface area contributed by atoms with Crippen LogP contribution in [0.15, 0.2) is 80.0 Å². The molecule has 1 aliphatic heterocycles. The maximum Gasteiger partial charge on any atom is 0.293 e. The normalized spacial score (nSPS) is 14.9. The number of amides is 2. The second-order valence-corrected chi connectivity index (χ2v) is 8.98. The fourth-order valence-corrected chi connectivity index (χ4v) is 4.62. The lowest BCUT2D eigenvalue weighted by Gasteiger charge is -2.14. The smallest absolute Gasteiger partial charge is 0.293 e. The van der Waals surface area contributed by atoms with Crippen LogP contribution in [0.3, 0.4) is 0 Å². The van der Waals surface area contributed by atoms with Crippen LogP contribution in [0.2, 0.25) is 0 Å². The maximum atomic E-state index is 12.7. The van der Waals surface area contributed by atoms with Gasteiger partial charge in [0.05, 0.1) is 18.6 Å². The van der Waals surface area contributed by atoms with Crippen molar-refractivity contribution in [3.05, 3.63) is 76.9 Å². The molecule has 0 saturated carbocycles. The number of rotatable bonds is 8. The van der Waals surface area contributed by atoms with Crippen molar-refractivity contribution >= 4 is 40.7 Å². The minimum atomic E-state index is -0.354. The first-order chi connectivity index (χ1) is 15.5. The second-order valence-electron chi connectivity index (χ2n) is 6.90. The molecule has 0 atom stereocenters. The van der Waals surface area contributed by atoms with E-state index in [0.717, 1.165) is 16.7 Å². The monoisotopic (exact) mass is 467 g/mol. The number of benzene rings is 2. The maximum absolute atomic E-state index is 12.7. The molecule has 164 valence electrons. The summed E-state index contributed by atoms with van der Waals surface area (Å²) in [6, 6.07) is 19.0. The topological polar surface area (TPSA) is 69.0 Å². The fourth-order valence-electron chi connectivity index (χ4n) is 3.00. The molecule has 1 aromatic heterocycles. The van der Waals surface area contributed by atoms with Crippen LogP contribution in [0.1, 0.15) is 11.3 Å². The standard InChI is InChI=1S/C24H21NO5S2/c1-16-7-10-18(11-8-16)31-22-12-9-17(30-22)15-21-23(26)25(24(27)32-21)13-14-29-20-6-4-3-5-19(20)28-2/h3-12,15H,13-14H2,1-2H3/b21-15-. The molecule has 4 rings (SSSR count). The molecule has 0 N–H and O–H groups in total. The van der Waals surface area contributed by atoms with E-state index in [0.29, 0.717) is 27.3 Å². The molecule has 0 bridgehead atoms. The van der Waals surface area contributed by atoms with Crippen LogP contribution in [-0.2, 0) is 4.79 Å². The zero-order valence-electron chi connectivity index (χ0n) is 17.6. The summed E-state index contributed by atoms with van der Waals surface area (Å²) in [4.78, 5) is 27.6. The van der Waals surface area contributed by atoms with Crippen molar-refractivity contribution in [3.63, 3.8) is 0 Å². The van der Waals surface area contributed by atoms with E-state index in [9.17, 15) is 9.59 Å². The molecule has 0 radical (unpaired) electrons. The molecular formula is C24H21NO5S2. The fraction of sp³-hybridized carbons (Fsp3) is 0.167. The van der Waals surface area contributed by atoms with Gasteiger partial charge in [0.2, 0.25) is 0 Å². The van der Waals surface area contributed by atoms with Crippen LogP contribution >= 0.6 is 23.5 Å². The molecule has 1 saturated heterocycles. The number of carbonyl (C=O) groups excluding carboxylic acids is 2. The van der Waals surface area contributed by atoms with E-state index in [2.05, 4.69) is 0 Å². The van der Waals surface area contributed by atoms with Crippen LogP contribution in [0.25, 0.3) is 6.08 Å². The van der Waals surface area contributed by atoms with Gasteiger partial charge in [-0.3, -0.25) is 14.5 Å². The van der Waals surface area contributed by atoms with Crippen LogP contribution in [0.5, 0.6) is 11.5 Å². The predicted octanol–water partition coefficient (Wildman–Crippen LogP) is 5.86. The Morgan fingerprint density at radius 1 is 1.03 bits per heavy atom. The molecule has 0 aliphatic carbocycles. The third-order valence-corrected chi connectivity index (χ3v) is 6.47. The van der Waals surface area contributed by atoms with Gasteiger partial charge in [0.25, 0.3) is 11.1 Å².